The largest absolute Gasteiger partial charge is 0.480 e. The quantitative estimate of drug-likeness (QED) is 0.217. The van der Waals surface area contributed by atoms with Crippen LogP contribution in [0.25, 0.3) is 0 Å². The standard InChI is InChI=1S/C13H24N4O6S/c1-24-5-4-9(13(22)23)17-12(21)8(2-3-10(15)19)16-11(20)7(14)6-18/h7-9,18H,2-6,14H2,1H3,(H2,15,19)(H,16,20)(H,17,21)(H,22,23). The molecule has 8 N–H and O–H groups in total. The van der Waals surface area contributed by atoms with E-state index in [2.05, 4.69) is 10.6 Å². The van der Waals surface area contributed by atoms with E-state index >= 15 is 0 Å². The van der Waals surface area contributed by atoms with Crippen molar-refractivity contribution in [1.82, 2.24) is 10.6 Å². The molecule has 0 rings (SSSR count). The van der Waals surface area contributed by atoms with Crippen LogP contribution in [0.5, 0.6) is 0 Å². The summed E-state index contributed by atoms with van der Waals surface area (Å²) in [6.45, 7) is -0.624. The van der Waals surface area contributed by atoms with Crippen molar-refractivity contribution in [2.24, 2.45) is 11.5 Å². The van der Waals surface area contributed by atoms with E-state index in [4.69, 9.17) is 21.7 Å². The number of nitrogens with one attached hydrogen (secondary N) is 2. The zero-order valence-corrected chi connectivity index (χ0v) is 14.2. The molecule has 3 atom stereocenters. The van der Waals surface area contributed by atoms with Crippen molar-refractivity contribution in [2.75, 3.05) is 18.6 Å². The molecule has 0 aromatic heterocycles. The van der Waals surface area contributed by atoms with Crippen LogP contribution in [0.4, 0.5) is 0 Å². The van der Waals surface area contributed by atoms with Gasteiger partial charge in [0.05, 0.1) is 6.61 Å². The zero-order chi connectivity index (χ0) is 18.7. The van der Waals surface area contributed by atoms with Crippen LogP contribution in [0.3, 0.4) is 0 Å². The minimum atomic E-state index is -1.24. The Bertz CT molecular complexity index is 462. The first-order chi connectivity index (χ1) is 11.2. The lowest BCUT2D eigenvalue weighted by Crippen LogP contribution is -2.55. The molecule has 0 saturated carbocycles. The first-order valence-corrected chi connectivity index (χ1v) is 8.59. The number of carboxylic acids is 1. The van der Waals surface area contributed by atoms with Crippen LogP contribution in [-0.2, 0) is 19.2 Å². The number of hydrogen-bond acceptors (Lipinski definition) is 7. The van der Waals surface area contributed by atoms with Gasteiger partial charge in [0, 0.05) is 6.42 Å². The molecule has 0 spiro atoms. The van der Waals surface area contributed by atoms with Gasteiger partial charge in [-0.1, -0.05) is 0 Å². The second kappa shape index (κ2) is 11.6. The Morgan fingerprint density at radius 2 is 1.67 bits per heavy atom. The average Bonchev–Trinajstić information content (AvgIpc) is 2.53. The first kappa shape index (κ1) is 22.1. The van der Waals surface area contributed by atoms with E-state index in [0.717, 1.165) is 0 Å². The summed E-state index contributed by atoms with van der Waals surface area (Å²) in [7, 11) is 0. The number of thioether (sulfide) groups is 1. The molecule has 3 unspecified atom stereocenters. The van der Waals surface area contributed by atoms with Crippen LogP contribution < -0.4 is 22.1 Å². The number of aliphatic hydroxyl groups excluding tert-OH is 1. The number of amides is 3. The smallest absolute Gasteiger partial charge is 0.326 e. The number of rotatable bonds is 12. The third kappa shape index (κ3) is 8.70. The van der Waals surface area contributed by atoms with Crippen LogP contribution in [0, 0.1) is 0 Å². The van der Waals surface area contributed by atoms with E-state index in [1.165, 1.54) is 11.8 Å². The average molecular weight is 364 g/mol. The summed E-state index contributed by atoms with van der Waals surface area (Å²) in [4.78, 5) is 46.0. The normalized spacial score (nSPS) is 14.3. The summed E-state index contributed by atoms with van der Waals surface area (Å²) >= 11 is 1.42. The zero-order valence-electron chi connectivity index (χ0n) is 13.4. The maximum atomic E-state index is 12.2. The molecule has 11 heteroatoms. The highest BCUT2D eigenvalue weighted by atomic mass is 32.2. The summed E-state index contributed by atoms with van der Waals surface area (Å²) in [6, 6.07) is -3.54. The third-order valence-corrected chi connectivity index (χ3v) is 3.72. The van der Waals surface area contributed by atoms with Gasteiger partial charge in [-0.15, -0.1) is 0 Å². The Labute approximate surface area is 143 Å². The van der Waals surface area contributed by atoms with Gasteiger partial charge in [-0.05, 0) is 24.9 Å². The highest BCUT2D eigenvalue weighted by molar-refractivity contribution is 7.98. The first-order valence-electron chi connectivity index (χ1n) is 7.20. The molecule has 10 nitrogen and oxygen atoms in total. The van der Waals surface area contributed by atoms with Crippen molar-refractivity contribution in [1.29, 1.82) is 0 Å². The molecule has 138 valence electrons. The molecule has 0 aliphatic rings. The predicted octanol–water partition coefficient (Wildman–Crippen LogP) is -2.62. The monoisotopic (exact) mass is 364 g/mol. The lowest BCUT2D eigenvalue weighted by Gasteiger charge is -2.22. The van der Waals surface area contributed by atoms with Gasteiger partial charge in [-0.3, -0.25) is 14.4 Å². The number of aliphatic hydroxyl groups is 1. The molecule has 0 radical (unpaired) electrons. The predicted molar refractivity (Wildman–Crippen MR) is 88.0 cm³/mol. The van der Waals surface area contributed by atoms with E-state index in [9.17, 15) is 19.2 Å². The SMILES string of the molecule is CSCCC(NC(=O)C(CCC(N)=O)NC(=O)C(N)CO)C(=O)O. The number of carboxylic acid groups (broad SMARTS) is 1. The van der Waals surface area contributed by atoms with Crippen LogP contribution in [0.15, 0.2) is 0 Å². The molecular formula is C13H24N4O6S. The molecule has 0 aliphatic heterocycles. The van der Waals surface area contributed by atoms with Crippen LogP contribution >= 0.6 is 11.8 Å². The highest BCUT2D eigenvalue weighted by Gasteiger charge is 2.27. The molecule has 24 heavy (non-hydrogen) atoms. The fourth-order valence-corrected chi connectivity index (χ4v) is 2.15. The van der Waals surface area contributed by atoms with Gasteiger partial charge >= 0.3 is 5.97 Å². The van der Waals surface area contributed by atoms with Gasteiger partial charge in [0.2, 0.25) is 17.7 Å². The van der Waals surface area contributed by atoms with Crippen molar-refractivity contribution >= 4 is 35.5 Å². The fourth-order valence-electron chi connectivity index (χ4n) is 1.68. The van der Waals surface area contributed by atoms with E-state index in [1.54, 1.807) is 6.26 Å². The Hall–Kier alpha value is -1.85. The van der Waals surface area contributed by atoms with Gasteiger partial charge in [-0.25, -0.2) is 4.79 Å². The summed E-state index contributed by atoms with van der Waals surface area (Å²) in [6.07, 6.45) is 1.71. The summed E-state index contributed by atoms with van der Waals surface area (Å²) in [5.74, 6) is -2.92. The number of carbonyl (C=O) groups excluding carboxylic acids is 3. The number of aliphatic carboxylic acids is 1. The molecule has 0 aromatic carbocycles. The van der Waals surface area contributed by atoms with Crippen molar-refractivity contribution in [3.63, 3.8) is 0 Å². The van der Waals surface area contributed by atoms with E-state index in [0.29, 0.717) is 5.75 Å². The fraction of sp³-hybridized carbons (Fsp3) is 0.692. The van der Waals surface area contributed by atoms with E-state index < -0.39 is 48.4 Å². The van der Waals surface area contributed by atoms with Gasteiger partial charge in [0.25, 0.3) is 0 Å². The number of primary amides is 1. The second-order valence-electron chi connectivity index (χ2n) is 5.04. The third-order valence-electron chi connectivity index (χ3n) is 3.07. The molecule has 0 bridgehead atoms. The topological polar surface area (TPSA) is 185 Å². The van der Waals surface area contributed by atoms with Crippen molar-refractivity contribution in [3.8, 4) is 0 Å². The molecule has 0 aromatic rings. The number of carbonyl (C=O) groups is 4. The summed E-state index contributed by atoms with van der Waals surface area (Å²) in [5.41, 5.74) is 10.4. The number of hydrogen-bond donors (Lipinski definition) is 6. The van der Waals surface area contributed by atoms with Crippen LogP contribution in [0.2, 0.25) is 0 Å². The Kier molecular flexibility index (Phi) is 10.8. The molecule has 0 aliphatic carbocycles. The molecule has 0 fully saturated rings. The van der Waals surface area contributed by atoms with Gasteiger partial charge in [0.1, 0.15) is 18.1 Å². The van der Waals surface area contributed by atoms with E-state index in [1.807, 2.05) is 0 Å². The van der Waals surface area contributed by atoms with Gasteiger partial charge in [-0.2, -0.15) is 11.8 Å². The maximum absolute atomic E-state index is 12.2. The minimum Gasteiger partial charge on any atom is -0.480 e. The van der Waals surface area contributed by atoms with E-state index in [-0.39, 0.29) is 19.3 Å². The lowest BCUT2D eigenvalue weighted by atomic mass is 10.1. The summed E-state index contributed by atoms with van der Waals surface area (Å²) < 4.78 is 0. The molecule has 3 amide bonds. The van der Waals surface area contributed by atoms with Gasteiger partial charge < -0.3 is 32.3 Å². The van der Waals surface area contributed by atoms with Crippen LogP contribution in [-0.4, -0.2) is 70.6 Å². The highest BCUT2D eigenvalue weighted by Crippen LogP contribution is 2.04. The maximum Gasteiger partial charge on any atom is 0.326 e. The van der Waals surface area contributed by atoms with Crippen molar-refractivity contribution < 1.29 is 29.4 Å². The molecular weight excluding hydrogens is 340 g/mol. The van der Waals surface area contributed by atoms with Crippen molar-refractivity contribution in [3.05, 3.63) is 0 Å². The lowest BCUT2D eigenvalue weighted by molar-refractivity contribution is -0.142. The summed E-state index contributed by atoms with van der Waals surface area (Å²) in [5, 5.41) is 22.6. The number of nitrogens with two attached hydrogens (primary N) is 2. The minimum absolute atomic E-state index is 0.111. The second-order valence-corrected chi connectivity index (χ2v) is 6.02. The molecule has 0 heterocycles. The van der Waals surface area contributed by atoms with Crippen LogP contribution in [0.1, 0.15) is 19.3 Å². The Balaban J connectivity index is 4.95. The van der Waals surface area contributed by atoms with Gasteiger partial charge in [0.15, 0.2) is 0 Å². The molecule has 0 saturated heterocycles. The Morgan fingerprint density at radius 3 is 2.12 bits per heavy atom. The van der Waals surface area contributed by atoms with Crippen molar-refractivity contribution in [2.45, 2.75) is 37.4 Å². The Morgan fingerprint density at radius 1 is 1.08 bits per heavy atom.